The van der Waals surface area contributed by atoms with Gasteiger partial charge in [0.05, 0.1) is 27.7 Å². The topological polar surface area (TPSA) is 98.3 Å². The summed E-state index contributed by atoms with van der Waals surface area (Å²) in [5.41, 5.74) is -1.09. The molecule has 0 atom stereocenters. The van der Waals surface area contributed by atoms with Crippen molar-refractivity contribution in [3.8, 4) is 11.4 Å². The Kier molecular flexibility index (Phi) is 8.01. The number of rotatable bonds is 6. The average molecular weight is 671 g/mol. The van der Waals surface area contributed by atoms with E-state index in [1.807, 2.05) is 13.8 Å². The Morgan fingerprint density at radius 1 is 0.978 bits per heavy atom. The second-order valence-electron chi connectivity index (χ2n) is 11.2. The van der Waals surface area contributed by atoms with Crippen molar-refractivity contribution in [3.63, 3.8) is 0 Å². The van der Waals surface area contributed by atoms with Gasteiger partial charge in [-0.25, -0.2) is 4.39 Å². The van der Waals surface area contributed by atoms with E-state index in [4.69, 9.17) is 16.1 Å². The van der Waals surface area contributed by atoms with E-state index in [9.17, 15) is 27.6 Å². The summed E-state index contributed by atoms with van der Waals surface area (Å²) in [6.07, 6.45) is -3.12. The lowest BCUT2D eigenvalue weighted by Gasteiger charge is -2.26. The fourth-order valence-electron chi connectivity index (χ4n) is 5.20. The lowest BCUT2D eigenvalue weighted by atomic mass is 9.84. The SMILES string of the molecule is CC(C)(c1ccc(Cl)cc1)c1nc(-c2cn(Cc3ccc(C(F)(F)F)cc3)c3cc(N4CCSC(=O)C4=O)c(F)cc3c2=O)no1. The first-order valence-electron chi connectivity index (χ1n) is 13.9. The van der Waals surface area contributed by atoms with E-state index < -0.39 is 39.4 Å². The average Bonchev–Trinajstić information content (AvgIpc) is 3.51. The van der Waals surface area contributed by atoms with E-state index in [1.54, 1.807) is 24.3 Å². The number of pyridine rings is 1. The van der Waals surface area contributed by atoms with Crippen LogP contribution >= 0.6 is 23.4 Å². The minimum absolute atomic E-state index is 0.0449. The summed E-state index contributed by atoms with van der Waals surface area (Å²) in [6.45, 7) is 3.71. The Balaban J connectivity index is 1.49. The van der Waals surface area contributed by atoms with E-state index in [2.05, 4.69) is 10.1 Å². The molecule has 8 nitrogen and oxygen atoms in total. The van der Waals surface area contributed by atoms with Crippen LogP contribution in [-0.2, 0) is 27.7 Å². The minimum Gasteiger partial charge on any atom is -0.342 e. The molecule has 6 rings (SSSR count). The van der Waals surface area contributed by atoms with Crippen LogP contribution in [0, 0.1) is 5.82 Å². The van der Waals surface area contributed by atoms with Crippen LogP contribution in [0.25, 0.3) is 22.3 Å². The third-order valence-electron chi connectivity index (χ3n) is 7.81. The van der Waals surface area contributed by atoms with Gasteiger partial charge >= 0.3 is 12.1 Å². The van der Waals surface area contributed by atoms with Crippen LogP contribution in [0.1, 0.15) is 36.4 Å². The lowest BCUT2D eigenvalue weighted by molar-refractivity contribution is -0.137. The number of hydrogen-bond acceptors (Lipinski definition) is 7. The van der Waals surface area contributed by atoms with Crippen molar-refractivity contribution in [1.82, 2.24) is 14.7 Å². The minimum atomic E-state index is -4.53. The molecule has 5 aromatic rings. The van der Waals surface area contributed by atoms with Crippen molar-refractivity contribution >= 4 is 51.0 Å². The highest BCUT2D eigenvalue weighted by atomic mass is 35.5. The molecule has 3 heterocycles. The van der Waals surface area contributed by atoms with Crippen LogP contribution < -0.4 is 10.3 Å². The molecule has 0 saturated carbocycles. The number of anilines is 1. The predicted octanol–water partition coefficient (Wildman–Crippen LogP) is 6.84. The molecule has 1 amide bonds. The van der Waals surface area contributed by atoms with Gasteiger partial charge in [-0.05, 0) is 61.4 Å². The highest BCUT2D eigenvalue weighted by Gasteiger charge is 2.33. The highest BCUT2D eigenvalue weighted by Crippen LogP contribution is 2.34. The molecule has 0 bridgehead atoms. The summed E-state index contributed by atoms with van der Waals surface area (Å²) in [7, 11) is 0. The summed E-state index contributed by atoms with van der Waals surface area (Å²) in [5, 5.41) is 3.75. The van der Waals surface area contributed by atoms with Gasteiger partial charge in [-0.2, -0.15) is 18.2 Å². The number of aromatic nitrogens is 3. The fraction of sp³-hybridized carbons (Fsp3) is 0.219. The maximum absolute atomic E-state index is 15.6. The molecule has 0 spiro atoms. The summed E-state index contributed by atoms with van der Waals surface area (Å²) in [6, 6.07) is 13.8. The molecule has 3 aromatic carbocycles. The molecular weight excluding hydrogens is 648 g/mol. The van der Waals surface area contributed by atoms with Crippen LogP contribution in [0.3, 0.4) is 0 Å². The van der Waals surface area contributed by atoms with Gasteiger partial charge in [0, 0.05) is 35.4 Å². The molecular formula is C32H23ClF4N4O4S. The predicted molar refractivity (Wildman–Crippen MR) is 165 cm³/mol. The molecule has 1 aliphatic rings. The highest BCUT2D eigenvalue weighted by molar-refractivity contribution is 8.15. The quantitative estimate of drug-likeness (QED) is 0.144. The third-order valence-corrected chi connectivity index (χ3v) is 8.88. The number of thioether (sulfide) groups is 1. The smallest absolute Gasteiger partial charge is 0.342 e. The standard InChI is InChI=1S/C32H23ClF4N4O4S/c1-31(2,18-7-9-20(33)10-8-18)30-38-27(39-45-30)22-16-40(15-17-3-5-19(6-4-17)32(35,36)37)24-14-25(23(34)13-21(24)26(22)42)41-11-12-46-29(44)28(41)43/h3-10,13-14,16H,11-12,15H2,1-2H3. The van der Waals surface area contributed by atoms with Gasteiger partial charge < -0.3 is 14.0 Å². The van der Waals surface area contributed by atoms with Crippen molar-refractivity contribution in [2.24, 2.45) is 0 Å². The van der Waals surface area contributed by atoms with Gasteiger partial charge in [0.1, 0.15) is 5.82 Å². The molecule has 0 radical (unpaired) electrons. The number of halogens is 5. The third kappa shape index (κ3) is 5.80. The van der Waals surface area contributed by atoms with E-state index in [0.717, 1.165) is 40.4 Å². The molecule has 0 unspecified atom stereocenters. The number of fused-ring (bicyclic) bond motifs is 1. The van der Waals surface area contributed by atoms with E-state index in [0.29, 0.717) is 10.6 Å². The zero-order valence-electron chi connectivity index (χ0n) is 24.2. The summed E-state index contributed by atoms with van der Waals surface area (Å²) in [5.74, 6) is -1.44. The number of carbonyl (C=O) groups is 2. The van der Waals surface area contributed by atoms with E-state index >= 15 is 4.39 Å². The van der Waals surface area contributed by atoms with E-state index in [1.165, 1.54) is 29.0 Å². The van der Waals surface area contributed by atoms with Crippen LogP contribution in [0.5, 0.6) is 0 Å². The van der Waals surface area contributed by atoms with Gasteiger partial charge in [0.15, 0.2) is 0 Å². The number of carbonyl (C=O) groups excluding carboxylic acids is 2. The number of benzene rings is 3. The van der Waals surface area contributed by atoms with Gasteiger partial charge in [-0.1, -0.05) is 52.8 Å². The van der Waals surface area contributed by atoms with Gasteiger partial charge in [0.2, 0.25) is 17.1 Å². The maximum Gasteiger partial charge on any atom is 0.416 e. The Hall–Kier alpha value is -4.49. The molecule has 0 aliphatic carbocycles. The monoisotopic (exact) mass is 670 g/mol. The van der Waals surface area contributed by atoms with Crippen molar-refractivity contribution in [3.05, 3.63) is 111 Å². The largest absolute Gasteiger partial charge is 0.416 e. The normalized spacial score (nSPS) is 14.4. The number of hydrogen-bond donors (Lipinski definition) is 0. The Labute approximate surface area is 268 Å². The van der Waals surface area contributed by atoms with Crippen LogP contribution in [0.4, 0.5) is 23.2 Å². The Morgan fingerprint density at radius 3 is 2.33 bits per heavy atom. The zero-order chi connectivity index (χ0) is 33.0. The second kappa shape index (κ2) is 11.7. The molecule has 14 heteroatoms. The van der Waals surface area contributed by atoms with Crippen molar-refractivity contribution in [2.45, 2.75) is 32.0 Å². The summed E-state index contributed by atoms with van der Waals surface area (Å²) < 4.78 is 62.3. The van der Waals surface area contributed by atoms with Crippen LogP contribution in [0.15, 0.2) is 76.2 Å². The number of nitrogens with zero attached hydrogens (tertiary/aromatic N) is 4. The first-order valence-corrected chi connectivity index (χ1v) is 15.2. The van der Waals surface area contributed by atoms with Gasteiger partial charge in [-0.3, -0.25) is 14.4 Å². The summed E-state index contributed by atoms with van der Waals surface area (Å²) >= 11 is 6.87. The van der Waals surface area contributed by atoms with Crippen molar-refractivity contribution in [1.29, 1.82) is 0 Å². The fourth-order valence-corrected chi connectivity index (χ4v) is 6.02. The van der Waals surface area contributed by atoms with Crippen LogP contribution in [0.2, 0.25) is 5.02 Å². The maximum atomic E-state index is 15.6. The molecule has 2 aromatic heterocycles. The number of amides is 1. The zero-order valence-corrected chi connectivity index (χ0v) is 25.8. The lowest BCUT2D eigenvalue weighted by Crippen LogP contribution is -2.41. The summed E-state index contributed by atoms with van der Waals surface area (Å²) in [4.78, 5) is 44.0. The molecule has 1 aliphatic heterocycles. The first kappa shape index (κ1) is 31.5. The molecule has 1 saturated heterocycles. The second-order valence-corrected chi connectivity index (χ2v) is 12.7. The molecule has 0 N–H and O–H groups in total. The van der Waals surface area contributed by atoms with Crippen molar-refractivity contribution < 1.29 is 31.7 Å². The first-order chi connectivity index (χ1) is 21.7. The Morgan fingerprint density at radius 2 is 1.65 bits per heavy atom. The van der Waals surface area contributed by atoms with Gasteiger partial charge in [-0.15, -0.1) is 0 Å². The molecule has 1 fully saturated rings. The van der Waals surface area contributed by atoms with Crippen LogP contribution in [-0.4, -0.2) is 38.0 Å². The van der Waals surface area contributed by atoms with Gasteiger partial charge in [0.25, 0.3) is 5.12 Å². The number of alkyl halides is 3. The molecule has 236 valence electrons. The van der Waals surface area contributed by atoms with E-state index in [-0.39, 0.29) is 52.7 Å². The van der Waals surface area contributed by atoms with Crippen molar-refractivity contribution in [2.75, 3.05) is 17.2 Å². The Bertz CT molecular complexity index is 2060. The molecule has 46 heavy (non-hydrogen) atoms.